The van der Waals surface area contributed by atoms with E-state index in [0.29, 0.717) is 15.1 Å². The first-order valence-corrected chi connectivity index (χ1v) is 6.31. The van der Waals surface area contributed by atoms with Crippen molar-refractivity contribution < 1.29 is 17.9 Å². The Hall–Kier alpha value is -2.03. The molecule has 1 aromatic carbocycles. The first-order valence-electron chi connectivity index (χ1n) is 5.51. The van der Waals surface area contributed by atoms with Crippen LogP contribution in [0, 0.1) is 0 Å². The van der Waals surface area contributed by atoms with E-state index in [1.54, 1.807) is 11.1 Å². The fourth-order valence-electron chi connectivity index (χ4n) is 1.71. The van der Waals surface area contributed by atoms with E-state index in [4.69, 9.17) is 4.74 Å². The highest BCUT2D eigenvalue weighted by Gasteiger charge is 2.33. The van der Waals surface area contributed by atoms with Crippen LogP contribution in [0.1, 0.15) is 5.69 Å². The van der Waals surface area contributed by atoms with Crippen molar-refractivity contribution in [3.05, 3.63) is 55.3 Å². The molecule has 1 N–H and O–H groups in total. The molecule has 5 nitrogen and oxygen atoms in total. The molecule has 112 valence electrons. The molecule has 0 spiro atoms. The summed E-state index contributed by atoms with van der Waals surface area (Å²) >= 11 is 3.15. The number of hydrogen-bond acceptors (Lipinski definition) is 3. The van der Waals surface area contributed by atoms with Crippen LogP contribution in [0.25, 0.3) is 5.69 Å². The third-order valence-electron chi connectivity index (χ3n) is 2.62. The number of methoxy groups -OCH3 is 1. The number of aromatic nitrogens is 2. The lowest BCUT2D eigenvalue weighted by molar-refractivity contribution is -0.141. The van der Waals surface area contributed by atoms with E-state index in [2.05, 4.69) is 15.9 Å². The number of alkyl halides is 3. The van der Waals surface area contributed by atoms with Crippen molar-refractivity contribution >= 4 is 15.9 Å². The molecule has 0 aliphatic rings. The molecule has 0 saturated heterocycles. The van der Waals surface area contributed by atoms with Crippen LogP contribution in [0.5, 0.6) is 5.75 Å². The molecule has 0 fully saturated rings. The van der Waals surface area contributed by atoms with Crippen molar-refractivity contribution in [2.45, 2.75) is 6.18 Å². The van der Waals surface area contributed by atoms with Crippen molar-refractivity contribution in [2.75, 3.05) is 7.11 Å². The molecule has 2 aromatic rings. The summed E-state index contributed by atoms with van der Waals surface area (Å²) < 4.78 is 43.7. The molecule has 0 aliphatic heterocycles. The van der Waals surface area contributed by atoms with Gasteiger partial charge in [0.25, 0.3) is 5.56 Å². The topological polar surface area (TPSA) is 64.1 Å². The number of H-pyrrole nitrogens is 1. The maximum atomic E-state index is 12.5. The predicted octanol–water partition coefficient (Wildman–Crippen LogP) is 2.32. The zero-order valence-corrected chi connectivity index (χ0v) is 12.1. The molecule has 0 radical (unpaired) electrons. The SMILES string of the molecule is COc1ccc(Br)cc1-n1c(=O)cc(C(F)(F)F)[nH]c1=O. The standard InChI is InChI=1S/C12H8BrF3N2O3/c1-21-8-3-2-6(13)4-7(8)18-10(19)5-9(12(14,15)16)17-11(18)20/h2-5H,1H3,(H,17,20). The van der Waals surface area contributed by atoms with Gasteiger partial charge in [0.15, 0.2) is 0 Å². The number of nitrogens with one attached hydrogen (secondary N) is 1. The molecule has 0 atom stereocenters. The Morgan fingerprint density at radius 1 is 1.24 bits per heavy atom. The van der Waals surface area contributed by atoms with Gasteiger partial charge in [-0.05, 0) is 18.2 Å². The highest BCUT2D eigenvalue weighted by atomic mass is 79.9. The van der Waals surface area contributed by atoms with E-state index in [1.807, 2.05) is 0 Å². The first-order chi connectivity index (χ1) is 9.74. The molecule has 0 saturated carbocycles. The Morgan fingerprint density at radius 2 is 1.90 bits per heavy atom. The fraction of sp³-hybridized carbons (Fsp3) is 0.167. The van der Waals surface area contributed by atoms with Gasteiger partial charge in [0.2, 0.25) is 0 Å². The van der Waals surface area contributed by atoms with Crippen molar-refractivity contribution in [3.8, 4) is 11.4 Å². The highest BCUT2D eigenvalue weighted by molar-refractivity contribution is 9.10. The lowest BCUT2D eigenvalue weighted by Crippen LogP contribution is -2.36. The second-order valence-electron chi connectivity index (χ2n) is 3.98. The summed E-state index contributed by atoms with van der Waals surface area (Å²) in [5.74, 6) is 0.172. The lowest BCUT2D eigenvalue weighted by Gasteiger charge is -2.12. The van der Waals surface area contributed by atoms with Gasteiger partial charge < -0.3 is 9.72 Å². The highest BCUT2D eigenvalue weighted by Crippen LogP contribution is 2.27. The minimum Gasteiger partial charge on any atom is -0.495 e. The fourth-order valence-corrected chi connectivity index (χ4v) is 2.06. The normalized spacial score (nSPS) is 11.5. The van der Waals surface area contributed by atoms with Gasteiger partial charge in [0, 0.05) is 10.5 Å². The molecule has 1 heterocycles. The molecule has 0 amide bonds. The van der Waals surface area contributed by atoms with E-state index in [9.17, 15) is 22.8 Å². The first kappa shape index (κ1) is 15.4. The largest absolute Gasteiger partial charge is 0.495 e. The van der Waals surface area contributed by atoms with Gasteiger partial charge in [-0.2, -0.15) is 13.2 Å². The van der Waals surface area contributed by atoms with E-state index in [1.165, 1.54) is 19.2 Å². The van der Waals surface area contributed by atoms with Crippen LogP contribution in [0.3, 0.4) is 0 Å². The number of aromatic amines is 1. The summed E-state index contributed by atoms with van der Waals surface area (Å²) in [6, 6.07) is 4.79. The van der Waals surface area contributed by atoms with E-state index < -0.39 is 23.1 Å². The molecule has 2 rings (SSSR count). The van der Waals surface area contributed by atoms with Crippen molar-refractivity contribution in [2.24, 2.45) is 0 Å². The van der Waals surface area contributed by atoms with Crippen LogP contribution in [0.15, 0.2) is 38.3 Å². The van der Waals surface area contributed by atoms with E-state index in [-0.39, 0.29) is 11.4 Å². The monoisotopic (exact) mass is 364 g/mol. The molecule has 9 heteroatoms. The summed E-state index contributed by atoms with van der Waals surface area (Å²) in [4.78, 5) is 25.3. The number of halogens is 4. The smallest absolute Gasteiger partial charge is 0.431 e. The van der Waals surface area contributed by atoms with Crippen molar-refractivity contribution in [1.29, 1.82) is 0 Å². The van der Waals surface area contributed by atoms with Crippen LogP contribution in [0.4, 0.5) is 13.2 Å². The van der Waals surface area contributed by atoms with Gasteiger partial charge in [0.05, 0.1) is 12.8 Å². The maximum Gasteiger partial charge on any atom is 0.431 e. The predicted molar refractivity (Wildman–Crippen MR) is 71.9 cm³/mol. The van der Waals surface area contributed by atoms with Gasteiger partial charge in [-0.15, -0.1) is 0 Å². The minimum atomic E-state index is -4.81. The van der Waals surface area contributed by atoms with Crippen LogP contribution >= 0.6 is 15.9 Å². The van der Waals surface area contributed by atoms with Crippen LogP contribution in [0.2, 0.25) is 0 Å². The summed E-state index contributed by atoms with van der Waals surface area (Å²) in [6.07, 6.45) is -4.81. The lowest BCUT2D eigenvalue weighted by atomic mass is 10.3. The molecule has 21 heavy (non-hydrogen) atoms. The summed E-state index contributed by atoms with van der Waals surface area (Å²) in [5.41, 5.74) is -3.68. The Kier molecular flexibility index (Phi) is 3.95. The van der Waals surface area contributed by atoms with Crippen molar-refractivity contribution in [1.82, 2.24) is 9.55 Å². The Balaban J connectivity index is 2.75. The van der Waals surface area contributed by atoms with Gasteiger partial charge in [-0.1, -0.05) is 15.9 Å². The Labute approximate surface area is 124 Å². The second-order valence-corrected chi connectivity index (χ2v) is 4.89. The number of hydrogen-bond donors (Lipinski definition) is 1. The molecule has 1 aromatic heterocycles. The molecule has 0 aliphatic carbocycles. The maximum absolute atomic E-state index is 12.5. The van der Waals surface area contributed by atoms with Gasteiger partial charge in [-0.25, -0.2) is 9.36 Å². The van der Waals surface area contributed by atoms with Crippen LogP contribution in [-0.4, -0.2) is 16.7 Å². The third-order valence-corrected chi connectivity index (χ3v) is 3.11. The average Bonchev–Trinajstić information content (AvgIpc) is 2.37. The van der Waals surface area contributed by atoms with E-state index in [0.717, 1.165) is 0 Å². The molecule has 0 unspecified atom stereocenters. The molecular weight excluding hydrogens is 357 g/mol. The summed E-state index contributed by atoms with van der Waals surface area (Å²) in [6.45, 7) is 0. The minimum absolute atomic E-state index is 0.0341. The van der Waals surface area contributed by atoms with Crippen LogP contribution < -0.4 is 16.0 Å². The van der Waals surface area contributed by atoms with E-state index >= 15 is 0 Å². The number of nitrogens with zero attached hydrogens (tertiary/aromatic N) is 1. The second kappa shape index (κ2) is 5.40. The summed E-state index contributed by atoms with van der Waals surface area (Å²) in [7, 11) is 1.32. The quantitative estimate of drug-likeness (QED) is 0.889. The zero-order valence-electron chi connectivity index (χ0n) is 10.5. The summed E-state index contributed by atoms with van der Waals surface area (Å²) in [5, 5.41) is 0. The number of ether oxygens (including phenoxy) is 1. The van der Waals surface area contributed by atoms with Gasteiger partial charge >= 0.3 is 11.9 Å². The molecule has 0 bridgehead atoms. The van der Waals surface area contributed by atoms with Crippen LogP contribution in [-0.2, 0) is 6.18 Å². The van der Waals surface area contributed by atoms with Crippen molar-refractivity contribution in [3.63, 3.8) is 0 Å². The Bertz CT molecular complexity index is 764. The van der Waals surface area contributed by atoms with Gasteiger partial charge in [-0.3, -0.25) is 4.79 Å². The average molecular weight is 365 g/mol. The Morgan fingerprint density at radius 3 is 2.43 bits per heavy atom. The number of benzene rings is 1. The van der Waals surface area contributed by atoms with Gasteiger partial charge in [0.1, 0.15) is 11.4 Å². The third kappa shape index (κ3) is 3.02. The zero-order chi connectivity index (χ0) is 15.8. The number of rotatable bonds is 2. The molecular formula is C12H8BrF3N2O3.